The number of benzene rings is 1. The molecule has 2 nitrogen and oxygen atoms in total. The Morgan fingerprint density at radius 1 is 1.22 bits per heavy atom. The molecule has 2 heteroatoms. The van der Waals surface area contributed by atoms with Crippen molar-refractivity contribution in [1.82, 2.24) is 5.32 Å². The van der Waals surface area contributed by atoms with Crippen molar-refractivity contribution in [2.75, 3.05) is 19.7 Å². The van der Waals surface area contributed by atoms with Crippen molar-refractivity contribution in [3.63, 3.8) is 0 Å². The first-order valence-corrected chi connectivity index (χ1v) is 6.86. The highest BCUT2D eigenvalue weighted by Gasteiger charge is 2.41. The molecular formula is C16H25NO. The largest absolute Gasteiger partial charge is 0.396 e. The second-order valence-electron chi connectivity index (χ2n) is 6.51. The molecule has 0 aromatic heterocycles. The maximum absolute atomic E-state index is 9.29. The number of hydrogen-bond donors (Lipinski definition) is 2. The van der Waals surface area contributed by atoms with Crippen LogP contribution in [-0.2, 0) is 5.41 Å². The summed E-state index contributed by atoms with van der Waals surface area (Å²) in [5.41, 5.74) is 3.01. The van der Waals surface area contributed by atoms with Crippen LogP contribution in [0.5, 0.6) is 0 Å². The predicted octanol–water partition coefficient (Wildman–Crippen LogP) is 2.63. The first-order chi connectivity index (χ1) is 8.47. The van der Waals surface area contributed by atoms with Gasteiger partial charge in [0, 0.05) is 30.5 Å². The van der Waals surface area contributed by atoms with E-state index < -0.39 is 0 Å². The number of hydrogen-bond acceptors (Lipinski definition) is 2. The summed E-state index contributed by atoms with van der Waals surface area (Å²) >= 11 is 0. The third-order valence-electron chi connectivity index (χ3n) is 4.19. The van der Waals surface area contributed by atoms with Crippen molar-refractivity contribution in [2.24, 2.45) is 5.41 Å². The maximum atomic E-state index is 9.29. The molecule has 0 saturated heterocycles. The Balaban J connectivity index is 1.88. The Morgan fingerprint density at radius 2 is 1.83 bits per heavy atom. The van der Waals surface area contributed by atoms with Gasteiger partial charge in [-0.25, -0.2) is 0 Å². The lowest BCUT2D eigenvalue weighted by molar-refractivity contribution is 0.205. The van der Waals surface area contributed by atoms with Crippen LogP contribution in [0.4, 0.5) is 0 Å². The third-order valence-corrected chi connectivity index (χ3v) is 4.19. The fraction of sp³-hybridized carbons (Fsp3) is 0.625. The second kappa shape index (κ2) is 5.02. The summed E-state index contributed by atoms with van der Waals surface area (Å²) in [5, 5.41) is 12.8. The molecule has 0 heterocycles. The van der Waals surface area contributed by atoms with Crippen molar-refractivity contribution in [2.45, 2.75) is 39.0 Å². The lowest BCUT2D eigenvalue weighted by Gasteiger charge is -2.27. The monoisotopic (exact) mass is 247 g/mol. The highest BCUT2D eigenvalue weighted by atomic mass is 16.3. The van der Waals surface area contributed by atoms with E-state index >= 15 is 0 Å². The van der Waals surface area contributed by atoms with Crippen molar-refractivity contribution < 1.29 is 5.11 Å². The van der Waals surface area contributed by atoms with Crippen LogP contribution >= 0.6 is 0 Å². The van der Waals surface area contributed by atoms with Crippen LogP contribution < -0.4 is 5.32 Å². The molecule has 1 saturated carbocycles. The van der Waals surface area contributed by atoms with Crippen LogP contribution in [0.2, 0.25) is 0 Å². The molecule has 0 spiro atoms. The fourth-order valence-electron chi connectivity index (χ4n) is 2.31. The van der Waals surface area contributed by atoms with Crippen LogP contribution in [0.15, 0.2) is 24.3 Å². The van der Waals surface area contributed by atoms with E-state index in [0.29, 0.717) is 6.61 Å². The van der Waals surface area contributed by atoms with Crippen molar-refractivity contribution in [3.05, 3.63) is 35.4 Å². The summed E-state index contributed by atoms with van der Waals surface area (Å²) in [4.78, 5) is 0. The molecule has 0 bridgehead atoms. The Labute approximate surface area is 110 Å². The molecule has 0 unspecified atom stereocenters. The first kappa shape index (κ1) is 13.6. The molecule has 1 aliphatic rings. The van der Waals surface area contributed by atoms with Crippen molar-refractivity contribution >= 4 is 0 Å². The Kier molecular flexibility index (Phi) is 3.79. The molecule has 1 fully saturated rings. The number of aliphatic hydroxyl groups excluding tert-OH is 1. The molecule has 0 amide bonds. The zero-order chi connectivity index (χ0) is 13.2. The average molecular weight is 247 g/mol. The highest BCUT2D eigenvalue weighted by Crippen LogP contribution is 2.44. The molecule has 100 valence electrons. The zero-order valence-corrected chi connectivity index (χ0v) is 11.8. The van der Waals surface area contributed by atoms with Gasteiger partial charge in [-0.3, -0.25) is 0 Å². The quantitative estimate of drug-likeness (QED) is 0.810. The van der Waals surface area contributed by atoms with Crippen LogP contribution in [-0.4, -0.2) is 24.8 Å². The summed E-state index contributed by atoms with van der Waals surface area (Å²) in [6.07, 6.45) is 2.34. The van der Waals surface area contributed by atoms with E-state index in [1.807, 2.05) is 0 Å². The van der Waals surface area contributed by atoms with E-state index in [1.54, 1.807) is 0 Å². The maximum Gasteiger partial charge on any atom is 0.0499 e. The van der Waals surface area contributed by atoms with Crippen molar-refractivity contribution in [1.29, 1.82) is 0 Å². The van der Waals surface area contributed by atoms with Gasteiger partial charge in [0.25, 0.3) is 0 Å². The van der Waals surface area contributed by atoms with E-state index in [9.17, 15) is 5.11 Å². The first-order valence-electron chi connectivity index (χ1n) is 6.86. The smallest absolute Gasteiger partial charge is 0.0499 e. The molecule has 1 aromatic carbocycles. The number of nitrogens with one attached hydrogen (secondary N) is 1. The van der Waals surface area contributed by atoms with E-state index in [1.165, 1.54) is 24.0 Å². The van der Waals surface area contributed by atoms with Gasteiger partial charge in [-0.2, -0.15) is 0 Å². The minimum atomic E-state index is 0.138. The summed E-state index contributed by atoms with van der Waals surface area (Å²) in [5.74, 6) is 0. The van der Waals surface area contributed by atoms with Crippen LogP contribution in [0.25, 0.3) is 0 Å². The van der Waals surface area contributed by atoms with Gasteiger partial charge < -0.3 is 10.4 Å². The minimum Gasteiger partial charge on any atom is -0.396 e. The normalized spacial score (nSPS) is 17.8. The van der Waals surface area contributed by atoms with Crippen molar-refractivity contribution in [3.8, 4) is 0 Å². The summed E-state index contributed by atoms with van der Waals surface area (Å²) in [6.45, 7) is 8.88. The highest BCUT2D eigenvalue weighted by molar-refractivity contribution is 5.27. The van der Waals surface area contributed by atoms with Gasteiger partial charge in [0.15, 0.2) is 0 Å². The number of aliphatic hydroxyl groups is 1. The molecule has 1 aromatic rings. The second-order valence-corrected chi connectivity index (χ2v) is 6.51. The fourth-order valence-corrected chi connectivity index (χ4v) is 2.31. The Hall–Kier alpha value is -0.860. The Morgan fingerprint density at radius 3 is 2.33 bits per heavy atom. The van der Waals surface area contributed by atoms with E-state index in [0.717, 1.165) is 13.1 Å². The van der Waals surface area contributed by atoms with Crippen LogP contribution in [0.3, 0.4) is 0 Å². The van der Waals surface area contributed by atoms with Gasteiger partial charge in [-0.1, -0.05) is 43.7 Å². The molecular weight excluding hydrogens is 222 g/mol. The number of rotatable bonds is 6. The molecule has 2 rings (SSSR count). The summed E-state index contributed by atoms with van der Waals surface area (Å²) < 4.78 is 0. The molecule has 18 heavy (non-hydrogen) atoms. The van der Waals surface area contributed by atoms with Gasteiger partial charge in [-0.05, 0) is 25.3 Å². The predicted molar refractivity (Wildman–Crippen MR) is 75.8 cm³/mol. The van der Waals surface area contributed by atoms with Crippen LogP contribution in [0.1, 0.15) is 37.8 Å². The lowest BCUT2D eigenvalue weighted by atomic mass is 9.84. The van der Waals surface area contributed by atoms with Gasteiger partial charge in [0.1, 0.15) is 0 Å². The summed E-state index contributed by atoms with van der Waals surface area (Å²) in [7, 11) is 0. The molecule has 0 atom stereocenters. The molecule has 1 aliphatic carbocycles. The Bertz CT molecular complexity index is 390. The average Bonchev–Trinajstić information content (AvgIpc) is 3.10. The topological polar surface area (TPSA) is 32.3 Å². The van der Waals surface area contributed by atoms with Crippen LogP contribution in [0, 0.1) is 12.3 Å². The lowest BCUT2D eigenvalue weighted by Crippen LogP contribution is -2.37. The summed E-state index contributed by atoms with van der Waals surface area (Å²) in [6, 6.07) is 8.78. The van der Waals surface area contributed by atoms with Gasteiger partial charge in [0.05, 0.1) is 0 Å². The molecule has 0 aliphatic heterocycles. The van der Waals surface area contributed by atoms with E-state index in [-0.39, 0.29) is 10.8 Å². The minimum absolute atomic E-state index is 0.138. The number of aryl methyl sites for hydroxylation is 1. The zero-order valence-electron chi connectivity index (χ0n) is 11.8. The van der Waals surface area contributed by atoms with Gasteiger partial charge in [0.2, 0.25) is 0 Å². The van der Waals surface area contributed by atoms with Gasteiger partial charge in [-0.15, -0.1) is 0 Å². The molecule has 0 radical (unpaired) electrons. The molecule has 2 N–H and O–H groups in total. The van der Waals surface area contributed by atoms with E-state index in [2.05, 4.69) is 50.4 Å². The van der Waals surface area contributed by atoms with E-state index in [4.69, 9.17) is 0 Å². The SMILES string of the molecule is Cc1ccc(C(C)(C)CNCC2(CO)CC2)cc1. The third kappa shape index (κ3) is 3.12. The standard InChI is InChI=1S/C16H25NO/c1-13-4-6-14(7-5-13)15(2,3)10-17-11-16(12-18)8-9-16/h4-7,17-18H,8-12H2,1-3H3. The van der Waals surface area contributed by atoms with Gasteiger partial charge >= 0.3 is 0 Å².